The molecule has 0 spiro atoms. The van der Waals surface area contributed by atoms with Crippen LogP contribution in [0.2, 0.25) is 0 Å². The minimum atomic E-state index is -0.483. The van der Waals surface area contributed by atoms with Crippen molar-refractivity contribution >= 4 is 17.4 Å². The van der Waals surface area contributed by atoms with E-state index in [0.29, 0.717) is 36.0 Å². The number of pyridine rings is 1. The van der Waals surface area contributed by atoms with Crippen LogP contribution in [-0.4, -0.2) is 24.0 Å². The number of carbonyl (C=O) groups is 1. The van der Waals surface area contributed by atoms with Crippen LogP contribution in [0.15, 0.2) is 42.6 Å². The number of anilines is 2. The number of hydrogen-bond acceptors (Lipinski definition) is 5. The van der Waals surface area contributed by atoms with Gasteiger partial charge in [0.05, 0.1) is 12.2 Å². The number of hydrogen-bond donors (Lipinski definition) is 3. The Hall–Kier alpha value is -2.76. The van der Waals surface area contributed by atoms with Crippen LogP contribution in [0.25, 0.3) is 0 Å². The van der Waals surface area contributed by atoms with Crippen LogP contribution in [0, 0.1) is 0 Å². The predicted molar refractivity (Wildman–Crippen MR) is 77.6 cm³/mol. The maximum absolute atomic E-state index is 11.0. The number of nitrogen functional groups attached to an aromatic ring is 1. The number of benzene rings is 1. The normalized spacial score (nSPS) is 10.0. The first kappa shape index (κ1) is 13.7. The number of ether oxygens (including phenoxy) is 1. The van der Waals surface area contributed by atoms with Gasteiger partial charge in [0, 0.05) is 11.8 Å². The van der Waals surface area contributed by atoms with E-state index in [0.717, 1.165) is 0 Å². The number of primary amides is 1. The molecule has 6 heteroatoms. The zero-order chi connectivity index (χ0) is 14.4. The fourth-order valence-corrected chi connectivity index (χ4v) is 1.63. The van der Waals surface area contributed by atoms with Crippen LogP contribution in [-0.2, 0) is 0 Å². The SMILES string of the molecule is NC(=O)c1ccnc(NCCOc2ccccc2N)c1. The van der Waals surface area contributed by atoms with Gasteiger partial charge in [0.25, 0.3) is 0 Å². The molecule has 6 nitrogen and oxygen atoms in total. The van der Waals surface area contributed by atoms with Crippen molar-refractivity contribution in [1.29, 1.82) is 0 Å². The van der Waals surface area contributed by atoms with Crippen molar-refractivity contribution < 1.29 is 9.53 Å². The van der Waals surface area contributed by atoms with Crippen molar-refractivity contribution in [2.45, 2.75) is 0 Å². The molecule has 1 amide bonds. The molecule has 1 aromatic carbocycles. The van der Waals surface area contributed by atoms with Gasteiger partial charge in [0.15, 0.2) is 0 Å². The van der Waals surface area contributed by atoms with Crippen LogP contribution < -0.4 is 21.5 Å². The molecule has 0 saturated heterocycles. The number of para-hydroxylation sites is 2. The Labute approximate surface area is 116 Å². The summed E-state index contributed by atoms with van der Waals surface area (Å²) in [5.41, 5.74) is 12.0. The Bertz CT molecular complexity index is 601. The molecular weight excluding hydrogens is 256 g/mol. The zero-order valence-corrected chi connectivity index (χ0v) is 10.9. The maximum Gasteiger partial charge on any atom is 0.248 e. The lowest BCUT2D eigenvalue weighted by molar-refractivity contribution is 0.1000. The van der Waals surface area contributed by atoms with Gasteiger partial charge >= 0.3 is 0 Å². The minimum absolute atomic E-state index is 0.413. The molecular formula is C14H16N4O2. The lowest BCUT2D eigenvalue weighted by atomic mass is 10.2. The van der Waals surface area contributed by atoms with Crippen LogP contribution >= 0.6 is 0 Å². The lowest BCUT2D eigenvalue weighted by Gasteiger charge is -2.10. The molecule has 0 atom stereocenters. The van der Waals surface area contributed by atoms with Crippen molar-refractivity contribution in [2.24, 2.45) is 5.73 Å². The van der Waals surface area contributed by atoms with Crippen molar-refractivity contribution in [3.8, 4) is 5.75 Å². The molecule has 5 N–H and O–H groups in total. The van der Waals surface area contributed by atoms with E-state index in [1.54, 1.807) is 24.3 Å². The number of aromatic nitrogens is 1. The smallest absolute Gasteiger partial charge is 0.248 e. The van der Waals surface area contributed by atoms with E-state index in [1.807, 2.05) is 12.1 Å². The quantitative estimate of drug-likeness (QED) is 0.542. The van der Waals surface area contributed by atoms with E-state index in [4.69, 9.17) is 16.2 Å². The molecule has 0 aliphatic rings. The summed E-state index contributed by atoms with van der Waals surface area (Å²) in [4.78, 5) is 15.1. The summed E-state index contributed by atoms with van der Waals surface area (Å²) in [6, 6.07) is 10.5. The third kappa shape index (κ3) is 3.61. The van der Waals surface area contributed by atoms with Gasteiger partial charge in [0.1, 0.15) is 18.2 Å². The second-order valence-electron chi connectivity index (χ2n) is 4.11. The second kappa shape index (κ2) is 6.42. The van der Waals surface area contributed by atoms with Gasteiger partial charge < -0.3 is 21.5 Å². The first-order valence-electron chi connectivity index (χ1n) is 6.14. The summed E-state index contributed by atoms with van der Waals surface area (Å²) in [5.74, 6) is 0.739. The summed E-state index contributed by atoms with van der Waals surface area (Å²) in [6.45, 7) is 0.959. The largest absolute Gasteiger partial charge is 0.490 e. The summed E-state index contributed by atoms with van der Waals surface area (Å²) >= 11 is 0. The van der Waals surface area contributed by atoms with E-state index in [9.17, 15) is 4.79 Å². The zero-order valence-electron chi connectivity index (χ0n) is 10.9. The highest BCUT2D eigenvalue weighted by atomic mass is 16.5. The minimum Gasteiger partial charge on any atom is -0.490 e. The lowest BCUT2D eigenvalue weighted by Crippen LogP contribution is -2.15. The molecule has 0 fully saturated rings. The fraction of sp³-hybridized carbons (Fsp3) is 0.143. The monoisotopic (exact) mass is 272 g/mol. The van der Waals surface area contributed by atoms with Crippen molar-refractivity contribution in [3.05, 3.63) is 48.2 Å². The van der Waals surface area contributed by atoms with Crippen LogP contribution in [0.4, 0.5) is 11.5 Å². The molecule has 0 aliphatic heterocycles. The number of rotatable bonds is 6. The van der Waals surface area contributed by atoms with E-state index in [2.05, 4.69) is 10.3 Å². The summed E-state index contributed by atoms with van der Waals surface area (Å²) in [5, 5.41) is 3.04. The molecule has 2 aromatic rings. The first-order chi connectivity index (χ1) is 9.66. The predicted octanol–water partition coefficient (Wildman–Crippen LogP) is 1.25. The number of nitrogens with one attached hydrogen (secondary N) is 1. The second-order valence-corrected chi connectivity index (χ2v) is 4.11. The number of nitrogens with two attached hydrogens (primary N) is 2. The Balaban J connectivity index is 1.83. The first-order valence-corrected chi connectivity index (χ1v) is 6.14. The van der Waals surface area contributed by atoms with Gasteiger partial charge in [-0.25, -0.2) is 4.98 Å². The highest BCUT2D eigenvalue weighted by Crippen LogP contribution is 2.19. The van der Waals surface area contributed by atoms with Gasteiger partial charge in [-0.3, -0.25) is 4.79 Å². The van der Waals surface area contributed by atoms with Gasteiger partial charge in [-0.15, -0.1) is 0 Å². The van der Waals surface area contributed by atoms with Gasteiger partial charge in [-0.2, -0.15) is 0 Å². The molecule has 104 valence electrons. The van der Waals surface area contributed by atoms with Crippen LogP contribution in [0.1, 0.15) is 10.4 Å². The molecule has 2 rings (SSSR count). The third-order valence-electron chi connectivity index (χ3n) is 2.63. The molecule has 0 radical (unpaired) electrons. The van der Waals surface area contributed by atoms with Gasteiger partial charge in [-0.05, 0) is 24.3 Å². The van der Waals surface area contributed by atoms with Crippen molar-refractivity contribution in [2.75, 3.05) is 24.2 Å². The highest BCUT2D eigenvalue weighted by molar-refractivity contribution is 5.93. The Morgan fingerprint density at radius 2 is 2.10 bits per heavy atom. The summed E-state index contributed by atoms with van der Waals surface area (Å²) < 4.78 is 5.53. The van der Waals surface area contributed by atoms with Crippen molar-refractivity contribution in [1.82, 2.24) is 4.98 Å². The third-order valence-corrected chi connectivity index (χ3v) is 2.63. The summed E-state index contributed by atoms with van der Waals surface area (Å²) in [6.07, 6.45) is 1.53. The van der Waals surface area contributed by atoms with Gasteiger partial charge in [-0.1, -0.05) is 12.1 Å². The van der Waals surface area contributed by atoms with Crippen molar-refractivity contribution in [3.63, 3.8) is 0 Å². The number of amides is 1. The number of carbonyl (C=O) groups excluding carboxylic acids is 1. The fourth-order valence-electron chi connectivity index (χ4n) is 1.63. The van der Waals surface area contributed by atoms with Crippen LogP contribution in [0.3, 0.4) is 0 Å². The topological polar surface area (TPSA) is 103 Å². The molecule has 1 heterocycles. The molecule has 1 aromatic heterocycles. The molecule has 0 aliphatic carbocycles. The molecule has 0 unspecified atom stereocenters. The molecule has 0 saturated carbocycles. The molecule has 20 heavy (non-hydrogen) atoms. The summed E-state index contributed by atoms with van der Waals surface area (Å²) in [7, 11) is 0. The average molecular weight is 272 g/mol. The van der Waals surface area contributed by atoms with Crippen LogP contribution in [0.5, 0.6) is 5.75 Å². The van der Waals surface area contributed by atoms with E-state index < -0.39 is 5.91 Å². The maximum atomic E-state index is 11.0. The van der Waals surface area contributed by atoms with E-state index >= 15 is 0 Å². The van der Waals surface area contributed by atoms with E-state index in [1.165, 1.54) is 6.20 Å². The Morgan fingerprint density at radius 1 is 1.30 bits per heavy atom. The Morgan fingerprint density at radius 3 is 2.85 bits per heavy atom. The molecule has 0 bridgehead atoms. The average Bonchev–Trinajstić information content (AvgIpc) is 2.45. The standard InChI is InChI=1S/C14H16N4O2/c15-11-3-1-2-4-12(11)20-8-7-18-13-9-10(14(16)19)5-6-17-13/h1-6,9H,7-8,15H2,(H2,16,19)(H,17,18). The number of nitrogens with zero attached hydrogens (tertiary/aromatic N) is 1. The highest BCUT2D eigenvalue weighted by Gasteiger charge is 2.02. The van der Waals surface area contributed by atoms with Gasteiger partial charge in [0.2, 0.25) is 5.91 Å². The Kier molecular flexibility index (Phi) is 4.39. The van der Waals surface area contributed by atoms with E-state index in [-0.39, 0.29) is 0 Å².